The molecule has 0 spiro atoms. The van der Waals surface area contributed by atoms with E-state index >= 15 is 0 Å². The molecule has 0 amide bonds. The van der Waals surface area contributed by atoms with Gasteiger partial charge in [-0.05, 0) is 12.8 Å². The molecule has 0 saturated heterocycles. The van der Waals surface area contributed by atoms with Gasteiger partial charge < -0.3 is 4.57 Å². The van der Waals surface area contributed by atoms with Crippen LogP contribution in [0.1, 0.15) is 32.6 Å². The second kappa shape index (κ2) is 5.58. The van der Waals surface area contributed by atoms with Gasteiger partial charge in [0.25, 0.3) is 0 Å². The van der Waals surface area contributed by atoms with Crippen molar-refractivity contribution in [2.45, 2.75) is 32.6 Å². The third-order valence-electron chi connectivity index (χ3n) is 1.78. The van der Waals surface area contributed by atoms with E-state index in [4.69, 9.17) is 0 Å². The first-order valence-electron chi connectivity index (χ1n) is 4.57. The molecule has 1 aromatic heterocycles. The molecule has 0 radical (unpaired) electrons. The van der Waals surface area contributed by atoms with Crippen LogP contribution in [0.2, 0.25) is 0 Å². The van der Waals surface area contributed by atoms with Gasteiger partial charge in [0.2, 0.25) is 0 Å². The first-order chi connectivity index (χ1) is 5.93. The van der Waals surface area contributed by atoms with E-state index in [-0.39, 0.29) is 0 Å². The SMILES string of the molecule is CCCCCC=Cn1ccnc1. The Morgan fingerprint density at radius 2 is 2.33 bits per heavy atom. The van der Waals surface area contributed by atoms with Gasteiger partial charge in [-0.15, -0.1) is 0 Å². The lowest BCUT2D eigenvalue weighted by Gasteiger charge is -1.92. The first kappa shape index (κ1) is 9.04. The highest BCUT2D eigenvalue weighted by atomic mass is 15.0. The number of hydrogen-bond donors (Lipinski definition) is 0. The van der Waals surface area contributed by atoms with Crippen LogP contribution in [0.15, 0.2) is 24.8 Å². The second-order valence-corrected chi connectivity index (χ2v) is 2.89. The van der Waals surface area contributed by atoms with Gasteiger partial charge >= 0.3 is 0 Å². The molecule has 0 aliphatic heterocycles. The molecule has 2 nitrogen and oxygen atoms in total. The van der Waals surface area contributed by atoms with Crippen molar-refractivity contribution in [2.24, 2.45) is 0 Å². The lowest BCUT2D eigenvalue weighted by atomic mass is 10.2. The summed E-state index contributed by atoms with van der Waals surface area (Å²) in [4.78, 5) is 3.95. The highest BCUT2D eigenvalue weighted by Crippen LogP contribution is 2.00. The predicted octanol–water partition coefficient (Wildman–Crippen LogP) is 2.93. The quantitative estimate of drug-likeness (QED) is 0.612. The predicted molar refractivity (Wildman–Crippen MR) is 51.7 cm³/mol. The minimum atomic E-state index is 1.17. The molecule has 0 saturated carbocycles. The lowest BCUT2D eigenvalue weighted by molar-refractivity contribution is 0.729. The number of hydrogen-bond acceptors (Lipinski definition) is 1. The van der Waals surface area contributed by atoms with Gasteiger partial charge in [0.15, 0.2) is 0 Å². The summed E-state index contributed by atoms with van der Waals surface area (Å²) in [5, 5.41) is 0. The van der Waals surface area contributed by atoms with Crippen molar-refractivity contribution in [3.8, 4) is 0 Å². The Morgan fingerprint density at radius 1 is 1.42 bits per heavy atom. The molecule has 1 aromatic rings. The number of imidazole rings is 1. The monoisotopic (exact) mass is 164 g/mol. The second-order valence-electron chi connectivity index (χ2n) is 2.89. The third-order valence-corrected chi connectivity index (χ3v) is 1.78. The maximum absolute atomic E-state index is 3.95. The molecule has 0 bridgehead atoms. The van der Waals surface area contributed by atoms with Gasteiger partial charge in [-0.25, -0.2) is 4.98 Å². The largest absolute Gasteiger partial charge is 0.313 e. The molecular weight excluding hydrogens is 148 g/mol. The number of allylic oxidation sites excluding steroid dienone is 1. The molecule has 2 heteroatoms. The summed E-state index contributed by atoms with van der Waals surface area (Å²) in [6, 6.07) is 0. The Balaban J connectivity index is 2.14. The average Bonchev–Trinajstić information content (AvgIpc) is 2.57. The van der Waals surface area contributed by atoms with Crippen LogP contribution in [-0.4, -0.2) is 9.55 Å². The van der Waals surface area contributed by atoms with Crippen LogP contribution in [0.5, 0.6) is 0 Å². The average molecular weight is 164 g/mol. The topological polar surface area (TPSA) is 17.8 Å². The molecular formula is C10H16N2. The number of aromatic nitrogens is 2. The molecule has 1 rings (SSSR count). The van der Waals surface area contributed by atoms with E-state index in [0.717, 1.165) is 0 Å². The fraction of sp³-hybridized carbons (Fsp3) is 0.500. The highest BCUT2D eigenvalue weighted by molar-refractivity contribution is 5.20. The summed E-state index contributed by atoms with van der Waals surface area (Å²) in [7, 11) is 0. The van der Waals surface area contributed by atoms with Gasteiger partial charge in [0.1, 0.15) is 0 Å². The number of nitrogens with zero attached hydrogens (tertiary/aromatic N) is 2. The maximum atomic E-state index is 3.95. The van der Waals surface area contributed by atoms with E-state index in [9.17, 15) is 0 Å². The summed E-state index contributed by atoms with van der Waals surface area (Å²) >= 11 is 0. The van der Waals surface area contributed by atoms with Gasteiger partial charge in [0, 0.05) is 18.6 Å². The highest BCUT2D eigenvalue weighted by Gasteiger charge is 1.82. The van der Waals surface area contributed by atoms with E-state index in [1.165, 1.54) is 25.7 Å². The fourth-order valence-electron chi connectivity index (χ4n) is 1.07. The standard InChI is InChI=1S/C10H16N2/c1-2-3-4-5-6-8-12-9-7-11-10-12/h6-10H,2-5H2,1H3. The molecule has 0 aliphatic carbocycles. The van der Waals surface area contributed by atoms with Crippen LogP contribution in [0.25, 0.3) is 6.20 Å². The minimum absolute atomic E-state index is 1.17. The molecule has 0 atom stereocenters. The van der Waals surface area contributed by atoms with Crippen molar-refractivity contribution in [2.75, 3.05) is 0 Å². The zero-order valence-corrected chi connectivity index (χ0v) is 7.61. The van der Waals surface area contributed by atoms with Gasteiger partial charge in [-0.1, -0.05) is 25.8 Å². The summed E-state index contributed by atoms with van der Waals surface area (Å²) in [5.74, 6) is 0. The Morgan fingerprint density at radius 3 is 3.00 bits per heavy atom. The normalized spacial score (nSPS) is 11.1. The molecule has 0 fully saturated rings. The van der Waals surface area contributed by atoms with Crippen LogP contribution in [-0.2, 0) is 0 Å². The summed E-state index contributed by atoms with van der Waals surface area (Å²) in [6.45, 7) is 2.22. The van der Waals surface area contributed by atoms with E-state index in [2.05, 4.69) is 24.2 Å². The van der Waals surface area contributed by atoms with Crippen LogP contribution in [0.3, 0.4) is 0 Å². The Bertz CT molecular complexity index is 212. The van der Waals surface area contributed by atoms with Crippen LogP contribution in [0.4, 0.5) is 0 Å². The Labute approximate surface area is 73.9 Å². The van der Waals surface area contributed by atoms with Gasteiger partial charge in [0.05, 0.1) is 6.33 Å². The third kappa shape index (κ3) is 3.37. The molecule has 66 valence electrons. The van der Waals surface area contributed by atoms with Gasteiger partial charge in [-0.2, -0.15) is 0 Å². The number of unbranched alkanes of at least 4 members (excludes halogenated alkanes) is 3. The van der Waals surface area contributed by atoms with Crippen molar-refractivity contribution in [3.05, 3.63) is 24.8 Å². The summed E-state index contributed by atoms with van der Waals surface area (Å²) in [5.41, 5.74) is 0. The van der Waals surface area contributed by atoms with E-state index in [0.29, 0.717) is 0 Å². The number of rotatable bonds is 5. The first-order valence-corrected chi connectivity index (χ1v) is 4.57. The smallest absolute Gasteiger partial charge is 0.0986 e. The van der Waals surface area contributed by atoms with Crippen molar-refractivity contribution in [1.29, 1.82) is 0 Å². The zero-order valence-electron chi connectivity index (χ0n) is 7.61. The van der Waals surface area contributed by atoms with Crippen molar-refractivity contribution >= 4 is 6.20 Å². The van der Waals surface area contributed by atoms with Crippen LogP contribution >= 0.6 is 0 Å². The molecule has 0 N–H and O–H groups in total. The van der Waals surface area contributed by atoms with Crippen molar-refractivity contribution < 1.29 is 0 Å². The van der Waals surface area contributed by atoms with E-state index < -0.39 is 0 Å². The molecule has 0 aromatic carbocycles. The van der Waals surface area contributed by atoms with E-state index in [1.54, 1.807) is 12.5 Å². The van der Waals surface area contributed by atoms with Gasteiger partial charge in [-0.3, -0.25) is 0 Å². The molecule has 0 unspecified atom stereocenters. The molecule has 1 heterocycles. The molecule has 0 aliphatic rings. The molecule has 12 heavy (non-hydrogen) atoms. The van der Waals surface area contributed by atoms with Crippen molar-refractivity contribution in [1.82, 2.24) is 9.55 Å². The summed E-state index contributed by atoms with van der Waals surface area (Å²) in [6.07, 6.45) is 14.9. The van der Waals surface area contributed by atoms with Crippen LogP contribution < -0.4 is 0 Å². The van der Waals surface area contributed by atoms with Crippen molar-refractivity contribution in [3.63, 3.8) is 0 Å². The zero-order chi connectivity index (χ0) is 8.65. The fourth-order valence-corrected chi connectivity index (χ4v) is 1.07. The Kier molecular flexibility index (Phi) is 4.21. The van der Waals surface area contributed by atoms with Crippen LogP contribution in [0, 0.1) is 0 Å². The lowest BCUT2D eigenvalue weighted by Crippen LogP contribution is -1.78. The maximum Gasteiger partial charge on any atom is 0.0986 e. The Hall–Kier alpha value is -1.05. The minimum Gasteiger partial charge on any atom is -0.313 e. The summed E-state index contributed by atoms with van der Waals surface area (Å²) < 4.78 is 1.96. The van der Waals surface area contributed by atoms with E-state index in [1.807, 2.05) is 10.8 Å².